The van der Waals surface area contributed by atoms with Gasteiger partial charge in [0.05, 0.1) is 12.3 Å². The number of aliphatic hydroxyl groups excluding tert-OH is 1. The van der Waals surface area contributed by atoms with Crippen molar-refractivity contribution in [3.05, 3.63) is 32.6 Å². The third-order valence-electron chi connectivity index (χ3n) is 2.91. The summed E-state index contributed by atoms with van der Waals surface area (Å²) in [6, 6.07) is 0. The summed E-state index contributed by atoms with van der Waals surface area (Å²) < 4.78 is 6.79. The van der Waals surface area contributed by atoms with Gasteiger partial charge in [-0.1, -0.05) is 5.16 Å². The number of oxime groups is 1. The van der Waals surface area contributed by atoms with Crippen LogP contribution in [0.2, 0.25) is 0 Å². The smallest absolute Gasteiger partial charge is 0.330 e. The molecule has 104 valence electrons. The zero-order chi connectivity index (χ0) is 14.0. The van der Waals surface area contributed by atoms with E-state index in [0.717, 1.165) is 0 Å². The summed E-state index contributed by atoms with van der Waals surface area (Å²) in [6.07, 6.45) is 0.513. The molecule has 0 aromatic carbocycles. The molecular formula is C11H15N3O5. The molecule has 8 nitrogen and oxygen atoms in total. The van der Waals surface area contributed by atoms with Crippen molar-refractivity contribution in [2.75, 3.05) is 13.7 Å². The monoisotopic (exact) mass is 269 g/mol. The fourth-order valence-corrected chi connectivity index (χ4v) is 1.95. The van der Waals surface area contributed by atoms with Gasteiger partial charge in [0, 0.05) is 18.2 Å². The van der Waals surface area contributed by atoms with E-state index < -0.39 is 23.6 Å². The number of ether oxygens (including phenoxy) is 1. The highest BCUT2D eigenvalue weighted by Gasteiger charge is 2.33. The number of rotatable bonds is 3. The van der Waals surface area contributed by atoms with E-state index in [2.05, 4.69) is 15.0 Å². The van der Waals surface area contributed by atoms with E-state index >= 15 is 0 Å². The lowest BCUT2D eigenvalue weighted by Gasteiger charge is -2.14. The second-order valence-corrected chi connectivity index (χ2v) is 4.21. The number of H-pyrrole nitrogens is 1. The summed E-state index contributed by atoms with van der Waals surface area (Å²) in [7, 11) is 1.39. The predicted molar refractivity (Wildman–Crippen MR) is 66.1 cm³/mol. The Morgan fingerprint density at radius 2 is 2.37 bits per heavy atom. The Morgan fingerprint density at radius 3 is 3.00 bits per heavy atom. The number of aromatic nitrogens is 2. The topological polar surface area (TPSA) is 106 Å². The Bertz CT molecular complexity index is 603. The molecule has 0 amide bonds. The van der Waals surface area contributed by atoms with Gasteiger partial charge in [0.1, 0.15) is 19.4 Å². The van der Waals surface area contributed by atoms with Crippen LogP contribution in [0.5, 0.6) is 0 Å². The average molecular weight is 269 g/mol. The summed E-state index contributed by atoms with van der Waals surface area (Å²) >= 11 is 0. The van der Waals surface area contributed by atoms with Crippen molar-refractivity contribution < 1.29 is 14.7 Å². The van der Waals surface area contributed by atoms with Crippen molar-refractivity contribution in [2.45, 2.75) is 25.7 Å². The van der Waals surface area contributed by atoms with Crippen molar-refractivity contribution in [1.82, 2.24) is 9.55 Å². The Kier molecular flexibility index (Phi) is 3.82. The Balaban J connectivity index is 2.35. The molecule has 1 saturated heterocycles. The molecule has 0 bridgehead atoms. The van der Waals surface area contributed by atoms with Gasteiger partial charge in [-0.15, -0.1) is 0 Å². The molecule has 2 heterocycles. The summed E-state index contributed by atoms with van der Waals surface area (Å²) in [4.78, 5) is 29.9. The van der Waals surface area contributed by atoms with Gasteiger partial charge in [0.25, 0.3) is 5.56 Å². The molecule has 8 heteroatoms. The largest absolute Gasteiger partial charge is 0.399 e. The van der Waals surface area contributed by atoms with Crippen molar-refractivity contribution in [2.24, 2.45) is 5.16 Å². The van der Waals surface area contributed by atoms with E-state index in [0.29, 0.717) is 17.7 Å². The summed E-state index contributed by atoms with van der Waals surface area (Å²) in [5.74, 6) is 0. The molecule has 1 fully saturated rings. The van der Waals surface area contributed by atoms with Crippen LogP contribution in [0.25, 0.3) is 0 Å². The van der Waals surface area contributed by atoms with Gasteiger partial charge in [0.15, 0.2) is 0 Å². The van der Waals surface area contributed by atoms with Crippen LogP contribution in [0.4, 0.5) is 0 Å². The van der Waals surface area contributed by atoms with E-state index in [1.165, 1.54) is 17.9 Å². The molecule has 1 aliphatic rings. The number of aliphatic hydroxyl groups is 1. The number of aryl methyl sites for hydroxylation is 1. The number of aromatic amines is 1. The van der Waals surface area contributed by atoms with E-state index in [1.54, 1.807) is 6.92 Å². The van der Waals surface area contributed by atoms with Gasteiger partial charge < -0.3 is 14.7 Å². The van der Waals surface area contributed by atoms with Gasteiger partial charge in [-0.2, -0.15) is 0 Å². The third-order valence-corrected chi connectivity index (χ3v) is 2.91. The lowest BCUT2D eigenvalue weighted by Crippen LogP contribution is -2.33. The SMILES string of the molecule is CO/N=C1\CC(n2cc(C)c(=O)[nH]c2=O)OC1CO. The standard InChI is InChI=1S/C11H15N3O5/c1-6-4-14(11(17)12-10(6)16)9-3-7(13-18-2)8(5-15)19-9/h4,8-9,15H,3,5H2,1-2H3,(H,12,16,17)/b13-7+. The molecule has 0 saturated carbocycles. The first-order valence-electron chi connectivity index (χ1n) is 5.75. The average Bonchev–Trinajstić information content (AvgIpc) is 2.77. The van der Waals surface area contributed by atoms with Crippen LogP contribution in [0.15, 0.2) is 20.9 Å². The lowest BCUT2D eigenvalue weighted by atomic mass is 10.2. The zero-order valence-electron chi connectivity index (χ0n) is 10.6. The van der Waals surface area contributed by atoms with Gasteiger partial charge in [-0.25, -0.2) is 4.79 Å². The maximum absolute atomic E-state index is 11.7. The molecule has 1 aromatic heterocycles. The fourth-order valence-electron chi connectivity index (χ4n) is 1.95. The van der Waals surface area contributed by atoms with Crippen LogP contribution >= 0.6 is 0 Å². The normalized spacial score (nSPS) is 24.9. The second kappa shape index (κ2) is 5.37. The van der Waals surface area contributed by atoms with Gasteiger partial charge in [-0.05, 0) is 6.92 Å². The summed E-state index contributed by atoms with van der Waals surface area (Å²) in [6.45, 7) is 1.34. The van der Waals surface area contributed by atoms with E-state index in [1.807, 2.05) is 0 Å². The predicted octanol–water partition coefficient (Wildman–Crippen LogP) is -0.873. The van der Waals surface area contributed by atoms with Gasteiger partial charge >= 0.3 is 5.69 Å². The van der Waals surface area contributed by atoms with Gasteiger partial charge in [-0.3, -0.25) is 14.3 Å². The van der Waals surface area contributed by atoms with Crippen LogP contribution in [-0.4, -0.2) is 40.2 Å². The number of hydrogen-bond donors (Lipinski definition) is 2. The number of nitrogens with zero attached hydrogens (tertiary/aromatic N) is 2. The molecule has 0 spiro atoms. The summed E-state index contributed by atoms with van der Waals surface area (Å²) in [5, 5.41) is 13.0. The van der Waals surface area contributed by atoms with Crippen LogP contribution in [-0.2, 0) is 9.57 Å². The molecule has 1 aliphatic heterocycles. The van der Waals surface area contributed by atoms with E-state index in [4.69, 9.17) is 4.74 Å². The molecule has 1 aromatic rings. The van der Waals surface area contributed by atoms with E-state index in [9.17, 15) is 14.7 Å². The fraction of sp³-hybridized carbons (Fsp3) is 0.545. The highest BCUT2D eigenvalue weighted by atomic mass is 16.6. The number of hydrogen-bond acceptors (Lipinski definition) is 6. The molecule has 0 aliphatic carbocycles. The maximum atomic E-state index is 11.7. The first-order valence-corrected chi connectivity index (χ1v) is 5.75. The molecule has 2 rings (SSSR count). The van der Waals surface area contributed by atoms with Crippen LogP contribution in [0, 0.1) is 6.92 Å². The quantitative estimate of drug-likeness (QED) is 0.694. The number of nitrogens with one attached hydrogen (secondary N) is 1. The van der Waals surface area contributed by atoms with Crippen molar-refractivity contribution >= 4 is 5.71 Å². The van der Waals surface area contributed by atoms with Crippen LogP contribution in [0.3, 0.4) is 0 Å². The Labute approximate surface area is 108 Å². The minimum Gasteiger partial charge on any atom is -0.399 e. The van der Waals surface area contributed by atoms with Crippen molar-refractivity contribution in [1.29, 1.82) is 0 Å². The molecule has 2 unspecified atom stereocenters. The van der Waals surface area contributed by atoms with Crippen LogP contribution < -0.4 is 11.2 Å². The maximum Gasteiger partial charge on any atom is 0.330 e. The van der Waals surface area contributed by atoms with Crippen molar-refractivity contribution in [3.63, 3.8) is 0 Å². The summed E-state index contributed by atoms with van der Waals surface area (Å²) in [5.41, 5.74) is -0.0636. The Hall–Kier alpha value is -1.93. The minimum atomic E-state index is -0.617. The molecule has 19 heavy (non-hydrogen) atoms. The minimum absolute atomic E-state index is 0.254. The highest BCUT2D eigenvalue weighted by Crippen LogP contribution is 2.25. The van der Waals surface area contributed by atoms with E-state index in [-0.39, 0.29) is 6.61 Å². The van der Waals surface area contributed by atoms with Gasteiger partial charge in [0.2, 0.25) is 0 Å². The second-order valence-electron chi connectivity index (χ2n) is 4.21. The van der Waals surface area contributed by atoms with Crippen LogP contribution in [0.1, 0.15) is 18.2 Å². The molecule has 2 atom stereocenters. The zero-order valence-corrected chi connectivity index (χ0v) is 10.6. The van der Waals surface area contributed by atoms with Crippen molar-refractivity contribution in [3.8, 4) is 0 Å². The molecular weight excluding hydrogens is 254 g/mol. The first kappa shape index (κ1) is 13.5. The lowest BCUT2D eigenvalue weighted by molar-refractivity contribution is -0.0154. The first-order chi connectivity index (χ1) is 9.06. The third kappa shape index (κ3) is 2.59. The Morgan fingerprint density at radius 1 is 1.63 bits per heavy atom. The molecule has 0 radical (unpaired) electrons. The molecule has 2 N–H and O–H groups in total. The highest BCUT2D eigenvalue weighted by molar-refractivity contribution is 5.90.